The molecule has 1 aromatic carbocycles. The van der Waals surface area contributed by atoms with Crippen molar-refractivity contribution >= 4 is 11.5 Å². The summed E-state index contributed by atoms with van der Waals surface area (Å²) in [5.41, 5.74) is 1.39. The van der Waals surface area contributed by atoms with Crippen LogP contribution in [0.15, 0.2) is 36.1 Å². The molecule has 0 bridgehead atoms. The van der Waals surface area contributed by atoms with E-state index in [0.717, 1.165) is 18.4 Å². The molecule has 1 aromatic rings. The molecule has 1 amide bonds. The number of benzene rings is 1. The Labute approximate surface area is 134 Å². The number of carbonyl (C=O) groups is 1. The highest BCUT2D eigenvalue weighted by atomic mass is 16.5. The molecule has 0 fully saturated rings. The molecule has 0 saturated carbocycles. The minimum atomic E-state index is -0.215. The fourth-order valence-corrected chi connectivity index (χ4v) is 3.07. The number of ether oxygens (including phenoxy) is 1. The highest BCUT2D eigenvalue weighted by Gasteiger charge is 2.37. The van der Waals surface area contributed by atoms with Gasteiger partial charge in [0, 0.05) is 5.54 Å². The minimum absolute atomic E-state index is 0.0725. The zero-order chi connectivity index (χ0) is 16.3. The molecular formula is C19H27NO2. The van der Waals surface area contributed by atoms with E-state index in [1.807, 2.05) is 42.2 Å². The van der Waals surface area contributed by atoms with Gasteiger partial charge in [0.1, 0.15) is 5.76 Å². The van der Waals surface area contributed by atoms with Crippen molar-refractivity contribution < 1.29 is 9.53 Å². The maximum atomic E-state index is 13.0. The number of carbonyl (C=O) groups excluding carboxylic acids is 1. The van der Waals surface area contributed by atoms with Gasteiger partial charge in [-0.2, -0.15) is 0 Å². The van der Waals surface area contributed by atoms with Gasteiger partial charge in [0.15, 0.2) is 6.73 Å². The molecule has 3 nitrogen and oxygen atoms in total. The Hall–Kier alpha value is -1.77. The summed E-state index contributed by atoms with van der Waals surface area (Å²) in [6.07, 6.45) is 2.09. The molecule has 3 heteroatoms. The Morgan fingerprint density at radius 1 is 1.27 bits per heavy atom. The van der Waals surface area contributed by atoms with Gasteiger partial charge in [0.05, 0.1) is 5.57 Å². The first-order valence-corrected chi connectivity index (χ1v) is 8.08. The first-order chi connectivity index (χ1) is 10.4. The molecule has 0 aromatic heterocycles. The van der Waals surface area contributed by atoms with Crippen LogP contribution in [0, 0.1) is 5.92 Å². The minimum Gasteiger partial charge on any atom is -0.477 e. The van der Waals surface area contributed by atoms with E-state index in [1.54, 1.807) is 0 Å². The average Bonchev–Trinajstić information content (AvgIpc) is 2.47. The van der Waals surface area contributed by atoms with Crippen LogP contribution < -0.4 is 0 Å². The summed E-state index contributed by atoms with van der Waals surface area (Å²) < 4.78 is 5.81. The molecule has 0 spiro atoms. The standard InChI is InChI=1S/C19H27NO2/c1-6-14(2)12-19(4,5)20-13-22-15(3)17(18(20)21)16-10-8-7-9-11-16/h7-11,14H,6,12-13H2,1-5H3. The van der Waals surface area contributed by atoms with Crippen molar-refractivity contribution in [1.29, 1.82) is 0 Å². The van der Waals surface area contributed by atoms with Gasteiger partial charge >= 0.3 is 0 Å². The smallest absolute Gasteiger partial charge is 0.260 e. The summed E-state index contributed by atoms with van der Waals surface area (Å²) in [6.45, 7) is 10.9. The van der Waals surface area contributed by atoms with Crippen LogP contribution in [0.2, 0.25) is 0 Å². The van der Waals surface area contributed by atoms with Crippen LogP contribution in [0.3, 0.4) is 0 Å². The van der Waals surface area contributed by atoms with Crippen molar-refractivity contribution in [2.75, 3.05) is 6.73 Å². The molecule has 0 saturated heterocycles. The maximum absolute atomic E-state index is 13.0. The zero-order valence-electron chi connectivity index (χ0n) is 14.3. The summed E-state index contributed by atoms with van der Waals surface area (Å²) in [5, 5.41) is 0. The predicted octanol–water partition coefficient (Wildman–Crippen LogP) is 4.45. The Morgan fingerprint density at radius 3 is 2.50 bits per heavy atom. The second kappa shape index (κ2) is 6.55. The van der Waals surface area contributed by atoms with Crippen molar-refractivity contribution in [3.63, 3.8) is 0 Å². The molecule has 120 valence electrons. The van der Waals surface area contributed by atoms with E-state index in [4.69, 9.17) is 4.74 Å². The maximum Gasteiger partial charge on any atom is 0.260 e. The molecule has 1 aliphatic rings. The molecule has 0 N–H and O–H groups in total. The molecule has 2 rings (SSSR count). The lowest BCUT2D eigenvalue weighted by Crippen LogP contribution is -2.51. The lowest BCUT2D eigenvalue weighted by Gasteiger charge is -2.42. The molecule has 1 aliphatic heterocycles. The second-order valence-electron chi connectivity index (χ2n) is 6.83. The van der Waals surface area contributed by atoms with Gasteiger partial charge in [-0.3, -0.25) is 4.79 Å². The second-order valence-corrected chi connectivity index (χ2v) is 6.83. The highest BCUT2D eigenvalue weighted by molar-refractivity contribution is 6.20. The van der Waals surface area contributed by atoms with Crippen LogP contribution in [0.5, 0.6) is 0 Å². The van der Waals surface area contributed by atoms with Crippen LogP contribution in [0.25, 0.3) is 5.57 Å². The van der Waals surface area contributed by atoms with Crippen LogP contribution >= 0.6 is 0 Å². The van der Waals surface area contributed by atoms with E-state index < -0.39 is 0 Å². The number of nitrogens with zero attached hydrogens (tertiary/aromatic N) is 1. The summed E-state index contributed by atoms with van der Waals surface area (Å²) in [7, 11) is 0. The van der Waals surface area contributed by atoms with Crippen molar-refractivity contribution in [3.05, 3.63) is 41.7 Å². The van der Waals surface area contributed by atoms with Crippen LogP contribution in [0.1, 0.15) is 53.0 Å². The summed E-state index contributed by atoms with van der Waals surface area (Å²) in [6, 6.07) is 9.78. The topological polar surface area (TPSA) is 29.5 Å². The van der Waals surface area contributed by atoms with Gasteiger partial charge in [-0.25, -0.2) is 0 Å². The third kappa shape index (κ3) is 3.34. The van der Waals surface area contributed by atoms with Crippen molar-refractivity contribution in [2.45, 2.75) is 53.0 Å². The van der Waals surface area contributed by atoms with Crippen LogP contribution in [0.4, 0.5) is 0 Å². The summed E-state index contributed by atoms with van der Waals surface area (Å²) >= 11 is 0. The lowest BCUT2D eigenvalue weighted by atomic mass is 9.87. The number of hydrogen-bond acceptors (Lipinski definition) is 2. The molecule has 22 heavy (non-hydrogen) atoms. The van der Waals surface area contributed by atoms with E-state index in [-0.39, 0.29) is 11.4 Å². The van der Waals surface area contributed by atoms with E-state index in [1.165, 1.54) is 0 Å². The average molecular weight is 301 g/mol. The Morgan fingerprint density at radius 2 is 1.91 bits per heavy atom. The summed E-state index contributed by atoms with van der Waals surface area (Å²) in [4.78, 5) is 14.9. The van der Waals surface area contributed by atoms with E-state index in [2.05, 4.69) is 27.7 Å². The number of allylic oxidation sites excluding steroid dienone is 1. The van der Waals surface area contributed by atoms with Gasteiger partial charge < -0.3 is 9.64 Å². The first-order valence-electron chi connectivity index (χ1n) is 8.08. The number of amides is 1. The normalized spacial score (nSPS) is 17.5. The fraction of sp³-hybridized carbons (Fsp3) is 0.526. The first kappa shape index (κ1) is 16.6. The molecule has 0 radical (unpaired) electrons. The van der Waals surface area contributed by atoms with Gasteiger partial charge in [0.2, 0.25) is 0 Å². The summed E-state index contributed by atoms with van der Waals surface area (Å²) in [5.74, 6) is 1.37. The third-order valence-electron chi connectivity index (χ3n) is 4.56. The largest absolute Gasteiger partial charge is 0.477 e. The number of hydrogen-bond donors (Lipinski definition) is 0. The Bertz CT molecular complexity index is 560. The SMILES string of the molecule is CCC(C)CC(C)(C)N1COC(C)=C(c2ccccc2)C1=O. The lowest BCUT2D eigenvalue weighted by molar-refractivity contribution is -0.139. The quantitative estimate of drug-likeness (QED) is 0.804. The van der Waals surface area contributed by atoms with Gasteiger partial charge in [0.25, 0.3) is 5.91 Å². The van der Waals surface area contributed by atoms with Crippen LogP contribution in [-0.2, 0) is 9.53 Å². The van der Waals surface area contributed by atoms with E-state index >= 15 is 0 Å². The van der Waals surface area contributed by atoms with E-state index in [0.29, 0.717) is 24.0 Å². The molecule has 1 atom stereocenters. The zero-order valence-corrected chi connectivity index (χ0v) is 14.3. The number of rotatable bonds is 5. The van der Waals surface area contributed by atoms with E-state index in [9.17, 15) is 4.79 Å². The van der Waals surface area contributed by atoms with Gasteiger partial charge in [-0.1, -0.05) is 50.6 Å². The molecule has 1 unspecified atom stereocenters. The van der Waals surface area contributed by atoms with Crippen molar-refractivity contribution in [1.82, 2.24) is 4.90 Å². The van der Waals surface area contributed by atoms with Gasteiger partial charge in [-0.05, 0) is 38.7 Å². The highest BCUT2D eigenvalue weighted by Crippen LogP contribution is 2.33. The van der Waals surface area contributed by atoms with Crippen molar-refractivity contribution in [2.24, 2.45) is 5.92 Å². The Kier molecular flexibility index (Phi) is 4.94. The molecule has 1 heterocycles. The monoisotopic (exact) mass is 301 g/mol. The fourth-order valence-electron chi connectivity index (χ4n) is 3.07. The predicted molar refractivity (Wildman–Crippen MR) is 90.0 cm³/mol. The molecular weight excluding hydrogens is 274 g/mol. The third-order valence-corrected chi connectivity index (χ3v) is 4.56. The Balaban J connectivity index is 2.30. The van der Waals surface area contributed by atoms with Crippen molar-refractivity contribution in [3.8, 4) is 0 Å². The van der Waals surface area contributed by atoms with Crippen LogP contribution in [-0.4, -0.2) is 23.1 Å². The van der Waals surface area contributed by atoms with Gasteiger partial charge in [-0.15, -0.1) is 0 Å². The molecule has 0 aliphatic carbocycles.